The first-order chi connectivity index (χ1) is 8.72. The number of benzene rings is 1. The molecule has 0 amide bonds. The Kier molecular flexibility index (Phi) is 6.73. The maximum Gasteiger partial charge on any atom is 0.123 e. The van der Waals surface area contributed by atoms with Gasteiger partial charge < -0.3 is 9.47 Å². The Bertz CT molecular complexity index is 346. The van der Waals surface area contributed by atoms with Gasteiger partial charge in [0.05, 0.1) is 7.11 Å². The van der Waals surface area contributed by atoms with Crippen molar-refractivity contribution in [3.63, 3.8) is 0 Å². The molecular formula is C15H23FO2. The monoisotopic (exact) mass is 254 g/mol. The van der Waals surface area contributed by atoms with Gasteiger partial charge in [0.25, 0.3) is 0 Å². The van der Waals surface area contributed by atoms with Gasteiger partial charge in [-0.1, -0.05) is 20.3 Å². The Morgan fingerprint density at radius 2 is 1.89 bits per heavy atom. The zero-order valence-electron chi connectivity index (χ0n) is 11.5. The molecule has 0 aliphatic carbocycles. The van der Waals surface area contributed by atoms with E-state index in [1.807, 2.05) is 0 Å². The largest absolute Gasteiger partial charge is 0.496 e. The predicted octanol–water partition coefficient (Wildman–Crippen LogP) is 4.14. The number of hydrogen-bond acceptors (Lipinski definition) is 2. The van der Waals surface area contributed by atoms with Crippen LogP contribution in [0, 0.1) is 5.82 Å². The van der Waals surface area contributed by atoms with Gasteiger partial charge >= 0.3 is 0 Å². The minimum Gasteiger partial charge on any atom is -0.496 e. The van der Waals surface area contributed by atoms with E-state index >= 15 is 0 Å². The molecule has 1 heterocycles. The predicted molar refractivity (Wildman–Crippen MR) is 71.7 cm³/mol. The third kappa shape index (κ3) is 4.30. The molecule has 1 aromatic carbocycles. The Morgan fingerprint density at radius 3 is 2.44 bits per heavy atom. The van der Waals surface area contributed by atoms with Gasteiger partial charge in [-0.05, 0) is 37.0 Å². The van der Waals surface area contributed by atoms with E-state index < -0.39 is 0 Å². The zero-order valence-corrected chi connectivity index (χ0v) is 11.5. The smallest absolute Gasteiger partial charge is 0.123 e. The SMILES string of the molecule is CCC.COc1ccc(F)cc1C1CCOCC1. The van der Waals surface area contributed by atoms with Crippen molar-refractivity contribution in [2.45, 2.75) is 39.0 Å². The highest BCUT2D eigenvalue weighted by atomic mass is 19.1. The molecule has 1 aliphatic rings. The fourth-order valence-corrected chi connectivity index (χ4v) is 2.03. The summed E-state index contributed by atoms with van der Waals surface area (Å²) in [6, 6.07) is 4.70. The van der Waals surface area contributed by atoms with Crippen LogP contribution in [-0.4, -0.2) is 20.3 Å². The van der Waals surface area contributed by atoms with Crippen LogP contribution >= 0.6 is 0 Å². The first kappa shape index (κ1) is 15.0. The van der Waals surface area contributed by atoms with Crippen LogP contribution in [0.15, 0.2) is 18.2 Å². The second-order valence-electron chi connectivity index (χ2n) is 4.48. The Hall–Kier alpha value is -1.09. The molecule has 102 valence electrons. The topological polar surface area (TPSA) is 18.5 Å². The van der Waals surface area contributed by atoms with Gasteiger partial charge in [0.15, 0.2) is 0 Å². The van der Waals surface area contributed by atoms with Crippen molar-refractivity contribution in [2.24, 2.45) is 0 Å². The minimum atomic E-state index is -0.197. The summed E-state index contributed by atoms with van der Waals surface area (Å²) < 4.78 is 23.7. The van der Waals surface area contributed by atoms with Crippen LogP contribution in [0.2, 0.25) is 0 Å². The quantitative estimate of drug-likeness (QED) is 0.789. The van der Waals surface area contributed by atoms with E-state index in [2.05, 4.69) is 13.8 Å². The number of hydrogen-bond donors (Lipinski definition) is 0. The molecule has 18 heavy (non-hydrogen) atoms. The molecule has 1 aromatic rings. The first-order valence-electron chi connectivity index (χ1n) is 6.64. The van der Waals surface area contributed by atoms with E-state index in [9.17, 15) is 4.39 Å². The highest BCUT2D eigenvalue weighted by Gasteiger charge is 2.19. The van der Waals surface area contributed by atoms with E-state index in [4.69, 9.17) is 9.47 Å². The van der Waals surface area contributed by atoms with Gasteiger partial charge in [-0.25, -0.2) is 4.39 Å². The Balaban J connectivity index is 0.000000492. The molecule has 0 N–H and O–H groups in total. The molecule has 0 atom stereocenters. The van der Waals surface area contributed by atoms with Gasteiger partial charge in [0.1, 0.15) is 11.6 Å². The molecule has 2 rings (SSSR count). The van der Waals surface area contributed by atoms with Gasteiger partial charge in [-0.15, -0.1) is 0 Å². The van der Waals surface area contributed by atoms with Crippen LogP contribution in [0.3, 0.4) is 0 Å². The highest BCUT2D eigenvalue weighted by Crippen LogP contribution is 2.33. The van der Waals surface area contributed by atoms with E-state index in [1.54, 1.807) is 19.2 Å². The normalized spacial score (nSPS) is 15.8. The summed E-state index contributed by atoms with van der Waals surface area (Å²) in [5.74, 6) is 0.949. The van der Waals surface area contributed by atoms with Gasteiger partial charge in [0.2, 0.25) is 0 Å². The van der Waals surface area contributed by atoms with E-state index in [0.717, 1.165) is 37.4 Å². The van der Waals surface area contributed by atoms with E-state index in [1.165, 1.54) is 12.5 Å². The lowest BCUT2D eigenvalue weighted by molar-refractivity contribution is 0.0847. The highest BCUT2D eigenvalue weighted by molar-refractivity contribution is 5.37. The van der Waals surface area contributed by atoms with Crippen molar-refractivity contribution in [2.75, 3.05) is 20.3 Å². The van der Waals surface area contributed by atoms with Crippen molar-refractivity contribution in [1.29, 1.82) is 0 Å². The average Bonchev–Trinajstić information content (AvgIpc) is 2.40. The standard InChI is InChI=1S/C12H15FO2.C3H8/c1-14-12-3-2-10(13)8-11(12)9-4-6-15-7-5-9;1-3-2/h2-3,8-9H,4-7H2,1H3;3H2,1-2H3. The molecule has 1 saturated heterocycles. The van der Waals surface area contributed by atoms with Crippen LogP contribution < -0.4 is 4.74 Å². The van der Waals surface area contributed by atoms with Crippen molar-refractivity contribution in [3.8, 4) is 5.75 Å². The molecule has 1 fully saturated rings. The van der Waals surface area contributed by atoms with Crippen molar-refractivity contribution < 1.29 is 13.9 Å². The Labute approximate surface area is 109 Å². The van der Waals surface area contributed by atoms with Crippen LogP contribution in [0.1, 0.15) is 44.6 Å². The number of ether oxygens (including phenoxy) is 2. The lowest BCUT2D eigenvalue weighted by Crippen LogP contribution is -2.14. The molecule has 3 heteroatoms. The molecule has 0 spiro atoms. The summed E-state index contributed by atoms with van der Waals surface area (Å²) in [6.07, 6.45) is 3.14. The van der Waals surface area contributed by atoms with E-state index in [0.29, 0.717) is 5.92 Å². The fourth-order valence-electron chi connectivity index (χ4n) is 2.03. The fraction of sp³-hybridized carbons (Fsp3) is 0.600. The average molecular weight is 254 g/mol. The maximum atomic E-state index is 13.2. The van der Waals surface area contributed by atoms with Crippen molar-refractivity contribution >= 4 is 0 Å². The molecule has 2 nitrogen and oxygen atoms in total. The maximum absolute atomic E-state index is 13.2. The van der Waals surface area contributed by atoms with Crippen molar-refractivity contribution in [3.05, 3.63) is 29.6 Å². The van der Waals surface area contributed by atoms with Gasteiger partial charge in [-0.2, -0.15) is 0 Å². The summed E-state index contributed by atoms with van der Waals surface area (Å²) in [5.41, 5.74) is 0.973. The van der Waals surface area contributed by atoms with Gasteiger partial charge in [0, 0.05) is 18.8 Å². The third-order valence-electron chi connectivity index (χ3n) is 2.85. The molecule has 0 unspecified atom stereocenters. The van der Waals surface area contributed by atoms with Crippen LogP contribution in [0.4, 0.5) is 4.39 Å². The number of methoxy groups -OCH3 is 1. The Morgan fingerprint density at radius 1 is 1.28 bits per heavy atom. The first-order valence-corrected chi connectivity index (χ1v) is 6.64. The lowest BCUT2D eigenvalue weighted by atomic mass is 9.91. The minimum absolute atomic E-state index is 0.197. The van der Waals surface area contributed by atoms with Crippen LogP contribution in [0.5, 0.6) is 5.75 Å². The zero-order chi connectivity index (χ0) is 13.4. The summed E-state index contributed by atoms with van der Waals surface area (Å²) in [4.78, 5) is 0. The van der Waals surface area contributed by atoms with Crippen LogP contribution in [0.25, 0.3) is 0 Å². The summed E-state index contributed by atoms with van der Waals surface area (Å²) in [7, 11) is 1.62. The van der Waals surface area contributed by atoms with Crippen LogP contribution in [-0.2, 0) is 4.74 Å². The van der Waals surface area contributed by atoms with Crippen molar-refractivity contribution in [1.82, 2.24) is 0 Å². The molecule has 0 saturated carbocycles. The van der Waals surface area contributed by atoms with Gasteiger partial charge in [-0.3, -0.25) is 0 Å². The summed E-state index contributed by atoms with van der Waals surface area (Å²) >= 11 is 0. The molecule has 0 bridgehead atoms. The third-order valence-corrected chi connectivity index (χ3v) is 2.85. The lowest BCUT2D eigenvalue weighted by Gasteiger charge is -2.23. The van der Waals surface area contributed by atoms with E-state index in [-0.39, 0.29) is 5.82 Å². The molecular weight excluding hydrogens is 231 g/mol. The summed E-state index contributed by atoms with van der Waals surface area (Å²) in [6.45, 7) is 5.76. The number of rotatable bonds is 2. The second kappa shape index (κ2) is 8.09. The summed E-state index contributed by atoms with van der Waals surface area (Å²) in [5, 5.41) is 0. The molecule has 1 aliphatic heterocycles. The molecule has 0 radical (unpaired) electrons. The number of halogens is 1. The molecule has 0 aromatic heterocycles. The second-order valence-corrected chi connectivity index (χ2v) is 4.48.